The van der Waals surface area contributed by atoms with Crippen LogP contribution < -0.4 is 5.32 Å². The van der Waals surface area contributed by atoms with E-state index in [0.29, 0.717) is 11.6 Å². The Morgan fingerprint density at radius 3 is 2.21 bits per heavy atom. The third kappa shape index (κ3) is 7.22. The molecule has 1 saturated carbocycles. The molecule has 1 atom stereocenters. The number of thioether (sulfide) groups is 1. The predicted octanol–water partition coefficient (Wildman–Crippen LogP) is 6.86. The number of fused-ring (bicyclic) bond motifs is 1. The van der Waals surface area contributed by atoms with Crippen molar-refractivity contribution in [3.8, 4) is 0 Å². The molecule has 1 fully saturated rings. The van der Waals surface area contributed by atoms with E-state index >= 15 is 0 Å². The summed E-state index contributed by atoms with van der Waals surface area (Å²) in [5.74, 6) is 0. The maximum Gasteiger partial charge on any atom is 0.213 e. The molecule has 0 bridgehead atoms. The molecule has 0 radical (unpaired) electrons. The van der Waals surface area contributed by atoms with Crippen molar-refractivity contribution in [2.75, 3.05) is 14.1 Å². The number of nitrogens with zero attached hydrogens (tertiary/aromatic N) is 2. The van der Waals surface area contributed by atoms with Crippen LogP contribution in [0.15, 0.2) is 84.0 Å². The van der Waals surface area contributed by atoms with Crippen LogP contribution >= 0.6 is 11.8 Å². The van der Waals surface area contributed by atoms with Gasteiger partial charge in [-0.1, -0.05) is 99.1 Å². The first-order valence-corrected chi connectivity index (χ1v) is 12.3. The molecule has 4 rings (SSSR count). The molecule has 3 aromatic carbocycles. The fourth-order valence-electron chi connectivity index (χ4n) is 3.22. The summed E-state index contributed by atoms with van der Waals surface area (Å²) in [7, 11) is 3.95. The Bertz CT molecular complexity index is 1100. The molecule has 172 valence electrons. The van der Waals surface area contributed by atoms with Crippen LogP contribution in [0.4, 0.5) is 5.69 Å². The molecule has 0 heterocycles. The molecule has 1 aliphatic carbocycles. The van der Waals surface area contributed by atoms with E-state index < -0.39 is 0 Å². The van der Waals surface area contributed by atoms with Gasteiger partial charge < -0.3 is 10.2 Å². The number of aryl methyl sites for hydroxylation is 1. The van der Waals surface area contributed by atoms with Gasteiger partial charge in [-0.3, -0.25) is 4.79 Å². The van der Waals surface area contributed by atoms with E-state index in [2.05, 4.69) is 55.2 Å². The number of amides is 1. The van der Waals surface area contributed by atoms with E-state index in [1.807, 2.05) is 49.3 Å². The van der Waals surface area contributed by atoms with Crippen LogP contribution in [-0.4, -0.2) is 30.6 Å². The topological polar surface area (TPSA) is 44.7 Å². The van der Waals surface area contributed by atoms with Crippen LogP contribution in [0.25, 0.3) is 10.8 Å². The highest BCUT2D eigenvalue weighted by Crippen LogP contribution is 2.37. The minimum atomic E-state index is -0.0714. The van der Waals surface area contributed by atoms with Crippen LogP contribution in [0.5, 0.6) is 0 Å². The zero-order chi connectivity index (χ0) is 23.6. The highest BCUT2D eigenvalue weighted by Gasteiger charge is 2.20. The predicted molar refractivity (Wildman–Crippen MR) is 143 cm³/mol. The van der Waals surface area contributed by atoms with Crippen molar-refractivity contribution in [1.82, 2.24) is 10.2 Å². The molecule has 0 aliphatic heterocycles. The van der Waals surface area contributed by atoms with Gasteiger partial charge in [-0.15, -0.1) is 0 Å². The zero-order valence-corrected chi connectivity index (χ0v) is 20.6. The number of nitrogens with one attached hydrogen (secondary N) is 1. The van der Waals surface area contributed by atoms with Crippen LogP contribution in [-0.2, 0) is 11.2 Å². The Labute approximate surface area is 201 Å². The Kier molecular flexibility index (Phi) is 9.14. The zero-order valence-electron chi connectivity index (χ0n) is 19.8. The highest BCUT2D eigenvalue weighted by atomic mass is 32.2. The van der Waals surface area contributed by atoms with Crippen molar-refractivity contribution in [3.05, 3.63) is 90.1 Å². The van der Waals surface area contributed by atoms with Gasteiger partial charge in [0.15, 0.2) is 5.17 Å². The second-order valence-corrected chi connectivity index (χ2v) is 9.31. The lowest BCUT2D eigenvalue weighted by Crippen LogP contribution is -2.22. The first-order chi connectivity index (χ1) is 16.0. The molecule has 0 saturated heterocycles. The quantitative estimate of drug-likeness (QED) is 0.239. The van der Waals surface area contributed by atoms with Crippen molar-refractivity contribution in [2.24, 2.45) is 4.99 Å². The van der Waals surface area contributed by atoms with Gasteiger partial charge >= 0.3 is 0 Å². The number of likely N-dealkylation sites (N-methyl/N-ethyl adjacent to an activating group) is 1. The third-order valence-electron chi connectivity index (χ3n) is 5.29. The first kappa shape index (κ1) is 24.6. The molecule has 1 N–H and O–H groups in total. The summed E-state index contributed by atoms with van der Waals surface area (Å²) in [6, 6.07) is 22.6. The molecule has 33 heavy (non-hydrogen) atoms. The fourth-order valence-corrected chi connectivity index (χ4v) is 4.35. The average Bonchev–Trinajstić information content (AvgIpc) is 3.72. The molecular weight excluding hydrogens is 426 g/mol. The Balaban J connectivity index is 0.000000942. The van der Waals surface area contributed by atoms with Gasteiger partial charge in [0.2, 0.25) is 6.41 Å². The molecular formula is C28H33N3OS. The number of carbonyl (C=O) groups excluding carboxylic acids is 1. The summed E-state index contributed by atoms with van der Waals surface area (Å²) in [5.41, 5.74) is 4.05. The Hall–Kier alpha value is -3.05. The first-order valence-electron chi connectivity index (χ1n) is 11.4. The van der Waals surface area contributed by atoms with Gasteiger partial charge in [0, 0.05) is 19.8 Å². The second kappa shape index (κ2) is 12.3. The number of carbonyl (C=O) groups is 1. The number of aliphatic imine (C=N–C) groups is 1. The molecule has 3 aromatic rings. The van der Waals surface area contributed by atoms with E-state index in [1.54, 1.807) is 0 Å². The largest absolute Gasteiger partial charge is 0.380 e. The summed E-state index contributed by atoms with van der Waals surface area (Å²) < 4.78 is 0. The number of amidine groups is 1. The van der Waals surface area contributed by atoms with Crippen LogP contribution in [0.1, 0.15) is 42.6 Å². The third-order valence-corrected chi connectivity index (χ3v) is 6.51. The van der Waals surface area contributed by atoms with E-state index in [0.717, 1.165) is 34.3 Å². The minimum Gasteiger partial charge on any atom is -0.380 e. The van der Waals surface area contributed by atoms with Gasteiger partial charge in [0.05, 0.1) is 10.9 Å². The highest BCUT2D eigenvalue weighted by molar-refractivity contribution is 8.14. The summed E-state index contributed by atoms with van der Waals surface area (Å²) in [5, 5.41) is 5.59. The Morgan fingerprint density at radius 2 is 1.67 bits per heavy atom. The van der Waals surface area contributed by atoms with Crippen molar-refractivity contribution in [1.29, 1.82) is 0 Å². The smallest absolute Gasteiger partial charge is 0.213 e. The maximum atomic E-state index is 11.4. The molecule has 0 aromatic heterocycles. The molecule has 5 heteroatoms. The van der Waals surface area contributed by atoms with Crippen molar-refractivity contribution >= 4 is 39.8 Å². The van der Waals surface area contributed by atoms with Crippen molar-refractivity contribution in [3.63, 3.8) is 0 Å². The second-order valence-electron chi connectivity index (χ2n) is 8.22. The lowest BCUT2D eigenvalue weighted by atomic mass is 10.0. The van der Waals surface area contributed by atoms with E-state index in [1.165, 1.54) is 36.4 Å². The van der Waals surface area contributed by atoms with Crippen LogP contribution in [0.2, 0.25) is 0 Å². The summed E-state index contributed by atoms with van der Waals surface area (Å²) in [4.78, 5) is 18.2. The summed E-state index contributed by atoms with van der Waals surface area (Å²) in [6.07, 6.45) is 6.04. The summed E-state index contributed by atoms with van der Waals surface area (Å²) in [6.45, 7) is 6.37. The fraction of sp³-hybridized carbons (Fsp3) is 0.286. The molecule has 1 unspecified atom stereocenters. The maximum absolute atomic E-state index is 11.4. The van der Waals surface area contributed by atoms with Crippen LogP contribution in [0, 0.1) is 0 Å². The van der Waals surface area contributed by atoms with E-state index in [-0.39, 0.29) is 5.25 Å². The van der Waals surface area contributed by atoms with Gasteiger partial charge in [-0.25, -0.2) is 4.99 Å². The number of hydrogen-bond donors (Lipinski definition) is 1. The van der Waals surface area contributed by atoms with Crippen LogP contribution in [0.3, 0.4) is 0 Å². The molecule has 4 nitrogen and oxygen atoms in total. The number of hydrogen-bond acceptors (Lipinski definition) is 4. The Morgan fingerprint density at radius 1 is 1.06 bits per heavy atom. The normalized spacial score (nSPS) is 13.5. The van der Waals surface area contributed by atoms with E-state index in [4.69, 9.17) is 4.99 Å². The standard InChI is InChI=1S/C25H27N3OS.C3H6/c1-5-19-15-21-13-9-10-14-22(21)16-23(19)27-25(26-17-29)30-24(18(2)28(3)4)20-11-7-6-8-12-20;1-2-3-1/h6-17,24H,2,5H2,1,3-4H3,(H,26,27,29);1-3H2. The molecule has 1 aliphatic rings. The minimum absolute atomic E-state index is 0.0714. The monoisotopic (exact) mass is 459 g/mol. The summed E-state index contributed by atoms with van der Waals surface area (Å²) >= 11 is 1.49. The van der Waals surface area contributed by atoms with Gasteiger partial charge in [-0.2, -0.15) is 0 Å². The molecule has 1 amide bonds. The lowest BCUT2D eigenvalue weighted by molar-refractivity contribution is -0.108. The SMILES string of the molecule is C1CC1.C=C(C(SC(=Nc1cc2ccccc2cc1CC)NC=O)c1ccccc1)N(C)C. The number of benzene rings is 3. The average molecular weight is 460 g/mol. The van der Waals surface area contributed by atoms with Crippen molar-refractivity contribution < 1.29 is 4.79 Å². The van der Waals surface area contributed by atoms with Gasteiger partial charge in [-0.05, 0) is 40.5 Å². The van der Waals surface area contributed by atoms with Gasteiger partial charge in [0.25, 0.3) is 0 Å². The molecule has 0 spiro atoms. The van der Waals surface area contributed by atoms with Gasteiger partial charge in [0.1, 0.15) is 0 Å². The van der Waals surface area contributed by atoms with Crippen molar-refractivity contribution in [2.45, 2.75) is 37.9 Å². The lowest BCUT2D eigenvalue weighted by Gasteiger charge is -2.25. The number of rotatable bonds is 7. The van der Waals surface area contributed by atoms with E-state index in [9.17, 15) is 4.79 Å².